The first-order valence-electron chi connectivity index (χ1n) is 8.47. The minimum atomic E-state index is -1.03. The highest BCUT2D eigenvalue weighted by Gasteiger charge is 2.77. The Labute approximate surface area is 152 Å². The first kappa shape index (κ1) is 15.9. The van der Waals surface area contributed by atoms with Gasteiger partial charge in [-0.2, -0.15) is 0 Å². The zero-order chi connectivity index (χ0) is 18.4. The smallest absolute Gasteiger partial charge is 0.335 e. The third-order valence-electron chi connectivity index (χ3n) is 6.50. The largest absolute Gasteiger partial charge is 0.478 e. The fraction of sp³-hybridized carbons (Fsp3) is 0.444. The summed E-state index contributed by atoms with van der Waals surface area (Å²) in [5, 5.41) is 9.44. The van der Waals surface area contributed by atoms with E-state index in [9.17, 15) is 14.4 Å². The Morgan fingerprint density at radius 1 is 1.23 bits per heavy atom. The van der Waals surface area contributed by atoms with Crippen LogP contribution in [0.25, 0.3) is 10.2 Å². The maximum atomic E-state index is 13.3. The van der Waals surface area contributed by atoms with Crippen molar-refractivity contribution in [2.75, 3.05) is 4.90 Å². The van der Waals surface area contributed by atoms with Crippen LogP contribution in [0.2, 0.25) is 0 Å². The number of ether oxygens (including phenoxy) is 1. The van der Waals surface area contributed by atoms with Gasteiger partial charge in [0.05, 0.1) is 38.8 Å². The van der Waals surface area contributed by atoms with Gasteiger partial charge in [-0.05, 0) is 44.9 Å². The zero-order valence-electron chi connectivity index (χ0n) is 14.2. The second-order valence-corrected chi connectivity index (χ2v) is 8.53. The van der Waals surface area contributed by atoms with Crippen molar-refractivity contribution < 1.29 is 24.2 Å². The monoisotopic (exact) mass is 372 g/mol. The number of carboxylic acid groups (broad SMARTS) is 1. The van der Waals surface area contributed by atoms with Crippen LogP contribution in [0.1, 0.15) is 37.0 Å². The van der Waals surface area contributed by atoms with Crippen molar-refractivity contribution in [2.24, 2.45) is 10.8 Å². The van der Waals surface area contributed by atoms with Crippen molar-refractivity contribution in [3.05, 3.63) is 23.8 Å². The van der Waals surface area contributed by atoms with Gasteiger partial charge in [-0.25, -0.2) is 14.7 Å². The summed E-state index contributed by atoms with van der Waals surface area (Å²) >= 11 is 1.16. The SMILES string of the molecule is C[C@@]12C(=O)N(c3nc4ccc(C(=O)O)cc4s3)C(=O)[C@]1(C)[C@H]1CC[C@H]2O1. The van der Waals surface area contributed by atoms with Gasteiger partial charge in [0.1, 0.15) is 0 Å². The van der Waals surface area contributed by atoms with Gasteiger partial charge in [0.2, 0.25) is 11.8 Å². The number of carbonyl (C=O) groups is 3. The highest BCUT2D eigenvalue weighted by Crippen LogP contribution is 2.64. The molecule has 0 spiro atoms. The minimum absolute atomic E-state index is 0.147. The van der Waals surface area contributed by atoms with Crippen molar-refractivity contribution >= 4 is 44.5 Å². The molecule has 2 amide bonds. The van der Waals surface area contributed by atoms with E-state index in [-0.39, 0.29) is 29.6 Å². The van der Waals surface area contributed by atoms with Crippen LogP contribution in [-0.4, -0.2) is 40.1 Å². The Bertz CT molecular complexity index is 982. The van der Waals surface area contributed by atoms with Crippen LogP contribution in [0, 0.1) is 10.8 Å². The minimum Gasteiger partial charge on any atom is -0.478 e. The lowest BCUT2D eigenvalue weighted by atomic mass is 9.59. The lowest BCUT2D eigenvalue weighted by Crippen LogP contribution is -2.48. The maximum absolute atomic E-state index is 13.3. The van der Waals surface area contributed by atoms with Gasteiger partial charge in [-0.15, -0.1) is 0 Å². The maximum Gasteiger partial charge on any atom is 0.335 e. The molecule has 0 unspecified atom stereocenters. The molecule has 1 N–H and O–H groups in total. The topological polar surface area (TPSA) is 96.8 Å². The first-order valence-corrected chi connectivity index (χ1v) is 9.28. The predicted octanol–water partition coefficient (Wildman–Crippen LogP) is 2.44. The van der Waals surface area contributed by atoms with E-state index in [0.29, 0.717) is 15.3 Å². The molecule has 3 aliphatic heterocycles. The van der Waals surface area contributed by atoms with E-state index in [1.54, 1.807) is 6.07 Å². The van der Waals surface area contributed by atoms with Crippen molar-refractivity contribution in [3.8, 4) is 0 Å². The standard InChI is InChI=1S/C18H16N2O5S/c1-17-11-5-6-12(25-11)18(17,2)15(24)20(14(17)23)16-19-9-4-3-8(13(21)22)7-10(9)26-16/h3-4,7,11-12H,5-6H2,1-2H3,(H,21,22)/t11-,12-,17-,18+/m1/s1. The predicted molar refractivity (Wildman–Crippen MR) is 93.2 cm³/mol. The Morgan fingerprint density at radius 3 is 2.42 bits per heavy atom. The summed E-state index contributed by atoms with van der Waals surface area (Å²) in [7, 11) is 0. The van der Waals surface area contributed by atoms with Crippen molar-refractivity contribution in [3.63, 3.8) is 0 Å². The van der Waals surface area contributed by atoms with Crippen LogP contribution in [0.15, 0.2) is 18.2 Å². The molecule has 134 valence electrons. The number of fused-ring (bicyclic) bond motifs is 6. The van der Waals surface area contributed by atoms with E-state index < -0.39 is 16.8 Å². The molecule has 1 aromatic carbocycles. The molecule has 7 nitrogen and oxygen atoms in total. The van der Waals surface area contributed by atoms with Crippen LogP contribution in [-0.2, 0) is 14.3 Å². The molecule has 0 saturated carbocycles. The Balaban J connectivity index is 1.63. The fourth-order valence-corrected chi connectivity index (χ4v) is 5.75. The number of aromatic nitrogens is 1. The number of imide groups is 1. The number of nitrogens with zero attached hydrogens (tertiary/aromatic N) is 2. The van der Waals surface area contributed by atoms with Crippen molar-refractivity contribution in [1.82, 2.24) is 4.98 Å². The number of carbonyl (C=O) groups excluding carboxylic acids is 2. The molecule has 4 heterocycles. The molecule has 26 heavy (non-hydrogen) atoms. The molecular formula is C18H16N2O5S. The number of benzene rings is 1. The molecule has 5 rings (SSSR count). The Kier molecular flexibility index (Phi) is 2.87. The van der Waals surface area contributed by atoms with Gasteiger partial charge < -0.3 is 9.84 Å². The van der Waals surface area contributed by atoms with Crippen LogP contribution in [0.5, 0.6) is 0 Å². The van der Waals surface area contributed by atoms with Crippen LogP contribution < -0.4 is 4.90 Å². The molecule has 2 bridgehead atoms. The lowest BCUT2D eigenvalue weighted by molar-refractivity contribution is -0.132. The van der Waals surface area contributed by atoms with Gasteiger partial charge in [0.15, 0.2) is 5.13 Å². The molecule has 3 fully saturated rings. The van der Waals surface area contributed by atoms with Gasteiger partial charge in [0.25, 0.3) is 0 Å². The number of carboxylic acids is 1. The van der Waals surface area contributed by atoms with Gasteiger partial charge in [0, 0.05) is 0 Å². The molecule has 3 saturated heterocycles. The molecule has 0 aliphatic carbocycles. The lowest BCUT2D eigenvalue weighted by Gasteiger charge is -2.36. The molecule has 1 aromatic heterocycles. The average molecular weight is 372 g/mol. The van der Waals surface area contributed by atoms with E-state index in [1.165, 1.54) is 17.0 Å². The molecule has 8 heteroatoms. The number of hydrogen-bond acceptors (Lipinski definition) is 6. The van der Waals surface area contributed by atoms with Gasteiger partial charge in [-0.1, -0.05) is 11.3 Å². The van der Waals surface area contributed by atoms with E-state index in [0.717, 1.165) is 24.2 Å². The highest BCUT2D eigenvalue weighted by atomic mass is 32.1. The van der Waals surface area contributed by atoms with E-state index in [4.69, 9.17) is 9.84 Å². The quantitative estimate of drug-likeness (QED) is 0.814. The average Bonchev–Trinajstić information content (AvgIpc) is 3.32. The van der Waals surface area contributed by atoms with Gasteiger partial charge in [-0.3, -0.25) is 9.59 Å². The van der Waals surface area contributed by atoms with Crippen LogP contribution >= 0.6 is 11.3 Å². The Morgan fingerprint density at radius 2 is 1.85 bits per heavy atom. The number of thiazole rings is 1. The summed E-state index contributed by atoms with van der Waals surface area (Å²) in [5.41, 5.74) is -1.04. The van der Waals surface area contributed by atoms with Crippen LogP contribution in [0.4, 0.5) is 5.13 Å². The van der Waals surface area contributed by atoms with Crippen molar-refractivity contribution in [1.29, 1.82) is 0 Å². The third kappa shape index (κ3) is 1.58. The number of aromatic carboxylic acids is 1. The number of rotatable bonds is 2. The summed E-state index contributed by atoms with van der Waals surface area (Å²) in [6.07, 6.45) is 1.08. The highest BCUT2D eigenvalue weighted by molar-refractivity contribution is 7.22. The second-order valence-electron chi connectivity index (χ2n) is 7.53. The van der Waals surface area contributed by atoms with E-state index in [1.807, 2.05) is 13.8 Å². The molecule has 4 atom stereocenters. The fourth-order valence-electron chi connectivity index (χ4n) is 4.75. The summed E-state index contributed by atoms with van der Waals surface area (Å²) in [6.45, 7) is 3.65. The zero-order valence-corrected chi connectivity index (χ0v) is 15.0. The summed E-state index contributed by atoms with van der Waals surface area (Å²) in [5.74, 6) is -1.57. The van der Waals surface area contributed by atoms with Crippen LogP contribution in [0.3, 0.4) is 0 Å². The van der Waals surface area contributed by atoms with E-state index >= 15 is 0 Å². The third-order valence-corrected chi connectivity index (χ3v) is 7.50. The molecule has 0 radical (unpaired) electrons. The number of amides is 2. The summed E-state index contributed by atoms with van der Waals surface area (Å²) in [6, 6.07) is 4.58. The molecular weight excluding hydrogens is 356 g/mol. The number of anilines is 1. The molecule has 3 aliphatic rings. The molecule has 2 aromatic rings. The summed E-state index contributed by atoms with van der Waals surface area (Å²) < 4.78 is 6.55. The normalized spacial score (nSPS) is 35.5. The first-order chi connectivity index (χ1) is 12.3. The van der Waals surface area contributed by atoms with Crippen molar-refractivity contribution in [2.45, 2.75) is 38.9 Å². The second kappa shape index (κ2) is 4.69. The van der Waals surface area contributed by atoms with Gasteiger partial charge >= 0.3 is 5.97 Å². The Hall–Kier alpha value is -2.32. The summed E-state index contributed by atoms with van der Waals surface area (Å²) in [4.78, 5) is 43.3. The number of hydrogen-bond donors (Lipinski definition) is 1. The van der Waals surface area contributed by atoms with E-state index in [2.05, 4.69) is 4.98 Å².